The number of amides is 1. The molecule has 0 aliphatic heterocycles. The SMILES string of the molecule is COc1ccc(OC(C)C)c(NC(=O)c2ccc(-n3nc(C)cc3C)nc2)c1. The van der Waals surface area contributed by atoms with Gasteiger partial charge in [0.25, 0.3) is 5.91 Å². The van der Waals surface area contributed by atoms with Gasteiger partial charge in [-0.25, -0.2) is 9.67 Å². The second-order valence-corrected chi connectivity index (χ2v) is 6.73. The maximum absolute atomic E-state index is 12.7. The molecule has 0 aliphatic carbocycles. The maximum atomic E-state index is 12.7. The monoisotopic (exact) mass is 380 g/mol. The van der Waals surface area contributed by atoms with Crippen LogP contribution in [0.2, 0.25) is 0 Å². The lowest BCUT2D eigenvalue weighted by Crippen LogP contribution is -2.15. The summed E-state index contributed by atoms with van der Waals surface area (Å²) in [7, 11) is 1.57. The number of rotatable bonds is 6. The molecule has 0 atom stereocenters. The Kier molecular flexibility index (Phi) is 5.63. The number of aromatic nitrogens is 3. The number of methoxy groups -OCH3 is 1. The molecule has 0 spiro atoms. The van der Waals surface area contributed by atoms with E-state index in [-0.39, 0.29) is 12.0 Å². The molecule has 2 heterocycles. The van der Waals surface area contributed by atoms with Crippen LogP contribution in [-0.4, -0.2) is 33.9 Å². The van der Waals surface area contributed by atoms with Crippen LogP contribution in [0.15, 0.2) is 42.6 Å². The molecule has 1 aromatic carbocycles. The van der Waals surface area contributed by atoms with E-state index in [2.05, 4.69) is 15.4 Å². The van der Waals surface area contributed by atoms with Crippen molar-refractivity contribution in [3.05, 3.63) is 59.5 Å². The summed E-state index contributed by atoms with van der Waals surface area (Å²) in [5.41, 5.74) is 2.87. The smallest absolute Gasteiger partial charge is 0.257 e. The first-order valence-electron chi connectivity index (χ1n) is 9.03. The van der Waals surface area contributed by atoms with Crippen molar-refractivity contribution in [2.75, 3.05) is 12.4 Å². The van der Waals surface area contributed by atoms with Crippen molar-refractivity contribution < 1.29 is 14.3 Å². The summed E-state index contributed by atoms with van der Waals surface area (Å²) in [5.74, 6) is 1.59. The number of hydrogen-bond donors (Lipinski definition) is 1. The lowest BCUT2D eigenvalue weighted by Gasteiger charge is -2.16. The van der Waals surface area contributed by atoms with Gasteiger partial charge in [0.1, 0.15) is 11.5 Å². The molecule has 1 amide bonds. The fraction of sp³-hybridized carbons (Fsp3) is 0.286. The zero-order valence-electron chi connectivity index (χ0n) is 16.7. The number of carbonyl (C=O) groups excluding carboxylic acids is 1. The first kappa shape index (κ1) is 19.4. The Morgan fingerprint density at radius 1 is 1.14 bits per heavy atom. The Hall–Kier alpha value is -3.35. The average molecular weight is 380 g/mol. The second-order valence-electron chi connectivity index (χ2n) is 6.73. The molecule has 3 aromatic rings. The maximum Gasteiger partial charge on any atom is 0.257 e. The molecule has 0 radical (unpaired) electrons. The number of carbonyl (C=O) groups is 1. The van der Waals surface area contributed by atoms with Crippen LogP contribution in [0, 0.1) is 13.8 Å². The van der Waals surface area contributed by atoms with Crippen LogP contribution in [0.5, 0.6) is 11.5 Å². The Morgan fingerprint density at radius 2 is 1.93 bits per heavy atom. The Balaban J connectivity index is 1.82. The normalized spacial score (nSPS) is 10.8. The number of hydrogen-bond acceptors (Lipinski definition) is 5. The molecule has 0 saturated carbocycles. The number of nitrogens with zero attached hydrogens (tertiary/aromatic N) is 3. The quantitative estimate of drug-likeness (QED) is 0.701. The summed E-state index contributed by atoms with van der Waals surface area (Å²) >= 11 is 0. The minimum absolute atomic E-state index is 0.0224. The number of pyridine rings is 1. The first-order chi connectivity index (χ1) is 13.4. The number of aryl methyl sites for hydroxylation is 2. The van der Waals surface area contributed by atoms with Crippen molar-refractivity contribution in [2.24, 2.45) is 0 Å². The van der Waals surface area contributed by atoms with E-state index in [1.165, 1.54) is 6.20 Å². The zero-order valence-corrected chi connectivity index (χ0v) is 16.7. The van der Waals surface area contributed by atoms with Crippen LogP contribution >= 0.6 is 0 Å². The van der Waals surface area contributed by atoms with Crippen LogP contribution in [0.3, 0.4) is 0 Å². The molecule has 7 heteroatoms. The van der Waals surface area contributed by atoms with Gasteiger partial charge < -0.3 is 14.8 Å². The summed E-state index contributed by atoms with van der Waals surface area (Å²) in [4.78, 5) is 17.1. The fourth-order valence-electron chi connectivity index (χ4n) is 2.79. The molecule has 0 fully saturated rings. The van der Waals surface area contributed by atoms with Gasteiger partial charge in [0.2, 0.25) is 0 Å². The van der Waals surface area contributed by atoms with Gasteiger partial charge in [0, 0.05) is 18.0 Å². The third-order valence-electron chi connectivity index (χ3n) is 4.03. The van der Waals surface area contributed by atoms with Gasteiger partial charge in [-0.1, -0.05) is 0 Å². The molecule has 2 aromatic heterocycles. The van der Waals surface area contributed by atoms with E-state index in [0.717, 1.165) is 11.4 Å². The van der Waals surface area contributed by atoms with Crippen molar-refractivity contribution in [1.82, 2.24) is 14.8 Å². The summed E-state index contributed by atoms with van der Waals surface area (Å²) in [6.07, 6.45) is 1.51. The number of anilines is 1. The van der Waals surface area contributed by atoms with E-state index in [0.29, 0.717) is 28.6 Å². The standard InChI is InChI=1S/C21H24N4O3/c1-13(2)28-19-8-7-17(27-5)11-18(19)23-21(26)16-6-9-20(22-12-16)25-15(4)10-14(3)24-25/h6-13H,1-5H3,(H,23,26). The lowest BCUT2D eigenvalue weighted by molar-refractivity contribution is 0.102. The van der Waals surface area contributed by atoms with Crippen molar-refractivity contribution in [3.8, 4) is 17.3 Å². The zero-order chi connectivity index (χ0) is 20.3. The largest absolute Gasteiger partial charge is 0.497 e. The highest BCUT2D eigenvalue weighted by Crippen LogP contribution is 2.30. The lowest BCUT2D eigenvalue weighted by atomic mass is 10.2. The van der Waals surface area contributed by atoms with Crippen LogP contribution in [0.4, 0.5) is 5.69 Å². The molecule has 1 N–H and O–H groups in total. The third-order valence-corrected chi connectivity index (χ3v) is 4.03. The van der Waals surface area contributed by atoms with Gasteiger partial charge in [0.15, 0.2) is 5.82 Å². The van der Waals surface area contributed by atoms with E-state index in [1.807, 2.05) is 33.8 Å². The second kappa shape index (κ2) is 8.12. The Labute approximate surface area is 164 Å². The summed E-state index contributed by atoms with van der Waals surface area (Å²) in [5, 5.41) is 7.28. The van der Waals surface area contributed by atoms with Crippen molar-refractivity contribution in [1.29, 1.82) is 0 Å². The number of benzene rings is 1. The third kappa shape index (κ3) is 4.31. The average Bonchev–Trinajstić information content (AvgIpc) is 3.01. The molecule has 0 bridgehead atoms. The van der Waals surface area contributed by atoms with Gasteiger partial charge >= 0.3 is 0 Å². The van der Waals surface area contributed by atoms with E-state index < -0.39 is 0 Å². The number of nitrogens with one attached hydrogen (secondary N) is 1. The first-order valence-corrected chi connectivity index (χ1v) is 9.03. The minimum atomic E-state index is -0.283. The van der Waals surface area contributed by atoms with Gasteiger partial charge in [-0.15, -0.1) is 0 Å². The predicted octanol–water partition coefficient (Wildman–Crippen LogP) is 3.93. The van der Waals surface area contributed by atoms with Crippen molar-refractivity contribution in [2.45, 2.75) is 33.8 Å². The van der Waals surface area contributed by atoms with Crippen LogP contribution < -0.4 is 14.8 Å². The summed E-state index contributed by atoms with van der Waals surface area (Å²) in [6.45, 7) is 7.74. The highest BCUT2D eigenvalue weighted by Gasteiger charge is 2.14. The minimum Gasteiger partial charge on any atom is -0.497 e. The molecule has 7 nitrogen and oxygen atoms in total. The van der Waals surface area contributed by atoms with Gasteiger partial charge in [-0.2, -0.15) is 5.10 Å². The van der Waals surface area contributed by atoms with E-state index in [1.54, 1.807) is 42.1 Å². The van der Waals surface area contributed by atoms with Gasteiger partial charge in [-0.3, -0.25) is 4.79 Å². The van der Waals surface area contributed by atoms with Crippen LogP contribution in [0.25, 0.3) is 5.82 Å². The van der Waals surface area contributed by atoms with E-state index in [9.17, 15) is 4.79 Å². The molecule has 0 aliphatic rings. The molecule has 146 valence electrons. The molecule has 3 rings (SSSR count). The van der Waals surface area contributed by atoms with Gasteiger partial charge in [-0.05, 0) is 58.0 Å². The Morgan fingerprint density at radius 3 is 2.50 bits per heavy atom. The van der Waals surface area contributed by atoms with Crippen molar-refractivity contribution in [3.63, 3.8) is 0 Å². The van der Waals surface area contributed by atoms with Gasteiger partial charge in [0.05, 0.1) is 30.2 Å². The van der Waals surface area contributed by atoms with E-state index in [4.69, 9.17) is 9.47 Å². The Bertz CT molecular complexity index is 978. The molecule has 0 saturated heterocycles. The topological polar surface area (TPSA) is 78.3 Å². The molecule has 0 unspecified atom stereocenters. The summed E-state index contributed by atoms with van der Waals surface area (Å²) in [6, 6.07) is 10.8. The highest BCUT2D eigenvalue weighted by atomic mass is 16.5. The predicted molar refractivity (Wildman–Crippen MR) is 108 cm³/mol. The fourth-order valence-corrected chi connectivity index (χ4v) is 2.79. The molecule has 28 heavy (non-hydrogen) atoms. The van der Waals surface area contributed by atoms with Crippen LogP contribution in [-0.2, 0) is 0 Å². The van der Waals surface area contributed by atoms with Crippen molar-refractivity contribution >= 4 is 11.6 Å². The van der Waals surface area contributed by atoms with E-state index >= 15 is 0 Å². The highest BCUT2D eigenvalue weighted by molar-refractivity contribution is 6.05. The molecular weight excluding hydrogens is 356 g/mol. The summed E-state index contributed by atoms with van der Waals surface area (Å²) < 4.78 is 12.8. The number of ether oxygens (including phenoxy) is 2. The van der Waals surface area contributed by atoms with Crippen LogP contribution in [0.1, 0.15) is 35.6 Å². The molecular formula is C21H24N4O3.